The maximum absolute atomic E-state index is 13.2. The van der Waals surface area contributed by atoms with E-state index < -0.39 is 18.0 Å². The van der Waals surface area contributed by atoms with E-state index in [1.807, 2.05) is 54.6 Å². The second-order valence-corrected chi connectivity index (χ2v) is 8.30. The van der Waals surface area contributed by atoms with Gasteiger partial charge in [0.15, 0.2) is 6.10 Å². The van der Waals surface area contributed by atoms with Crippen molar-refractivity contribution in [1.29, 1.82) is 0 Å². The maximum atomic E-state index is 13.2. The lowest BCUT2D eigenvalue weighted by Gasteiger charge is -2.18. The highest BCUT2D eigenvalue weighted by Gasteiger charge is 2.25. The minimum Gasteiger partial charge on any atom is -0.449 e. The van der Waals surface area contributed by atoms with Gasteiger partial charge in [-0.1, -0.05) is 67.5 Å². The number of ether oxygens (including phenoxy) is 1. The molecule has 4 aromatic rings. The molecule has 174 valence electrons. The zero-order valence-electron chi connectivity index (χ0n) is 19.7. The number of amides is 1. The fourth-order valence-electron chi connectivity index (χ4n) is 3.78. The molecule has 4 rings (SSSR count). The van der Waals surface area contributed by atoms with Crippen LogP contribution in [0.4, 0.5) is 5.69 Å². The molecule has 1 amide bonds. The Morgan fingerprint density at radius 1 is 1.06 bits per heavy atom. The highest BCUT2D eigenvalue weighted by atomic mass is 16.5. The Morgan fingerprint density at radius 2 is 1.76 bits per heavy atom. The number of aromatic nitrogens is 2. The Labute approximate surface area is 198 Å². The number of fused-ring (bicyclic) bond motifs is 1. The third-order valence-corrected chi connectivity index (χ3v) is 5.92. The molecule has 7 heteroatoms. The molecule has 0 saturated carbocycles. The second kappa shape index (κ2) is 9.87. The summed E-state index contributed by atoms with van der Waals surface area (Å²) in [6.07, 6.45) is -0.0712. The van der Waals surface area contributed by atoms with E-state index in [9.17, 15) is 9.59 Å². The zero-order valence-corrected chi connectivity index (χ0v) is 19.7. The van der Waals surface area contributed by atoms with E-state index in [0.717, 1.165) is 23.2 Å². The molecule has 2 heterocycles. The molecular formula is C27H27N3O4. The predicted molar refractivity (Wildman–Crippen MR) is 131 cm³/mol. The van der Waals surface area contributed by atoms with Crippen LogP contribution in [-0.2, 0) is 9.53 Å². The van der Waals surface area contributed by atoms with Gasteiger partial charge in [0.25, 0.3) is 11.6 Å². The Balaban J connectivity index is 1.59. The Kier molecular flexibility index (Phi) is 6.72. The van der Waals surface area contributed by atoms with Crippen molar-refractivity contribution in [2.24, 2.45) is 0 Å². The monoisotopic (exact) mass is 457 g/mol. The van der Waals surface area contributed by atoms with Crippen LogP contribution in [0.15, 0.2) is 65.2 Å². The van der Waals surface area contributed by atoms with Crippen LogP contribution >= 0.6 is 0 Å². The maximum Gasteiger partial charge on any atom is 0.339 e. The number of rotatable bonds is 7. The van der Waals surface area contributed by atoms with Crippen LogP contribution in [0, 0.1) is 6.92 Å². The van der Waals surface area contributed by atoms with Gasteiger partial charge in [-0.05, 0) is 43.9 Å². The molecule has 2 aromatic heterocycles. The van der Waals surface area contributed by atoms with Gasteiger partial charge in [0, 0.05) is 11.3 Å². The van der Waals surface area contributed by atoms with Crippen molar-refractivity contribution >= 4 is 28.7 Å². The Morgan fingerprint density at radius 3 is 2.50 bits per heavy atom. The molecule has 2 unspecified atom stereocenters. The number of anilines is 1. The number of aryl methyl sites for hydroxylation is 1. The fraction of sp³-hybridized carbons (Fsp3) is 0.259. The van der Waals surface area contributed by atoms with Gasteiger partial charge in [-0.25, -0.2) is 9.78 Å². The lowest BCUT2D eigenvalue weighted by atomic mass is 9.97. The molecule has 0 fully saturated rings. The van der Waals surface area contributed by atoms with Gasteiger partial charge in [0.1, 0.15) is 0 Å². The van der Waals surface area contributed by atoms with Crippen molar-refractivity contribution in [2.45, 2.75) is 46.1 Å². The standard InChI is InChI=1S/C27H27N3O4/c1-5-16(2)20-13-9-10-14-22(20)28-25(31)18(4)33-27(32)21-15-23(19-11-7-6-8-12-19)29-26-24(21)17(3)30-34-26/h6-16,18H,5H2,1-4H3,(H,28,31). The van der Waals surface area contributed by atoms with E-state index in [4.69, 9.17) is 9.26 Å². The highest BCUT2D eigenvalue weighted by Crippen LogP contribution is 2.29. The Hall–Kier alpha value is -4.00. The van der Waals surface area contributed by atoms with Gasteiger partial charge in [-0.15, -0.1) is 0 Å². The van der Waals surface area contributed by atoms with E-state index in [2.05, 4.69) is 29.3 Å². The molecule has 0 bridgehead atoms. The number of nitrogens with zero attached hydrogens (tertiary/aromatic N) is 2. The normalized spacial score (nSPS) is 12.8. The van der Waals surface area contributed by atoms with Crippen molar-refractivity contribution in [1.82, 2.24) is 10.1 Å². The van der Waals surface area contributed by atoms with Crippen LogP contribution in [0.25, 0.3) is 22.4 Å². The second-order valence-electron chi connectivity index (χ2n) is 8.30. The first kappa shape index (κ1) is 23.2. The molecular weight excluding hydrogens is 430 g/mol. The van der Waals surface area contributed by atoms with Crippen molar-refractivity contribution in [3.8, 4) is 11.3 Å². The van der Waals surface area contributed by atoms with Crippen LogP contribution in [0.2, 0.25) is 0 Å². The lowest BCUT2D eigenvalue weighted by molar-refractivity contribution is -0.123. The van der Waals surface area contributed by atoms with Crippen molar-refractivity contribution in [3.63, 3.8) is 0 Å². The van der Waals surface area contributed by atoms with Gasteiger partial charge in [0.2, 0.25) is 0 Å². The SMILES string of the molecule is CCC(C)c1ccccc1NC(=O)C(C)OC(=O)c1cc(-c2ccccc2)nc2onc(C)c12. The number of benzene rings is 2. The number of esters is 1. The van der Waals surface area contributed by atoms with E-state index in [1.54, 1.807) is 19.9 Å². The molecule has 34 heavy (non-hydrogen) atoms. The summed E-state index contributed by atoms with van der Waals surface area (Å²) in [6, 6.07) is 18.7. The minimum atomic E-state index is -1.01. The first-order chi connectivity index (χ1) is 16.4. The molecule has 0 radical (unpaired) electrons. The van der Waals surface area contributed by atoms with E-state index in [-0.39, 0.29) is 17.2 Å². The average molecular weight is 458 g/mol. The van der Waals surface area contributed by atoms with Gasteiger partial charge >= 0.3 is 5.97 Å². The summed E-state index contributed by atoms with van der Waals surface area (Å²) < 4.78 is 10.9. The molecule has 0 saturated heterocycles. The minimum absolute atomic E-state index is 0.241. The number of hydrogen-bond donors (Lipinski definition) is 1. The van der Waals surface area contributed by atoms with Crippen LogP contribution < -0.4 is 5.32 Å². The van der Waals surface area contributed by atoms with E-state index in [1.165, 1.54) is 0 Å². The summed E-state index contributed by atoms with van der Waals surface area (Å²) in [5, 5.41) is 7.33. The fourth-order valence-corrected chi connectivity index (χ4v) is 3.78. The zero-order chi connectivity index (χ0) is 24.2. The van der Waals surface area contributed by atoms with Crippen LogP contribution in [0.1, 0.15) is 54.7 Å². The van der Waals surface area contributed by atoms with Crippen molar-refractivity contribution in [3.05, 3.63) is 77.5 Å². The Bertz CT molecular complexity index is 1330. The van der Waals surface area contributed by atoms with Gasteiger partial charge < -0.3 is 14.6 Å². The molecule has 0 aliphatic carbocycles. The van der Waals surface area contributed by atoms with Crippen molar-refractivity contribution < 1.29 is 18.8 Å². The third kappa shape index (κ3) is 4.69. The molecule has 0 aliphatic heterocycles. The number of pyridine rings is 1. The number of para-hydroxylation sites is 1. The topological polar surface area (TPSA) is 94.3 Å². The van der Waals surface area contributed by atoms with Gasteiger partial charge in [-0.2, -0.15) is 0 Å². The lowest BCUT2D eigenvalue weighted by Crippen LogP contribution is -2.30. The van der Waals surface area contributed by atoms with Gasteiger partial charge in [0.05, 0.1) is 22.3 Å². The first-order valence-electron chi connectivity index (χ1n) is 11.3. The molecule has 7 nitrogen and oxygen atoms in total. The van der Waals surface area contributed by atoms with Crippen LogP contribution in [0.3, 0.4) is 0 Å². The number of hydrogen-bond acceptors (Lipinski definition) is 6. The molecule has 0 spiro atoms. The molecule has 0 aliphatic rings. The smallest absolute Gasteiger partial charge is 0.339 e. The van der Waals surface area contributed by atoms with E-state index >= 15 is 0 Å². The summed E-state index contributed by atoms with van der Waals surface area (Å²) in [5.41, 5.74) is 4.15. The van der Waals surface area contributed by atoms with Crippen LogP contribution in [0.5, 0.6) is 0 Å². The third-order valence-electron chi connectivity index (χ3n) is 5.92. The summed E-state index contributed by atoms with van der Waals surface area (Å²) in [5.74, 6) is -0.763. The average Bonchev–Trinajstić information content (AvgIpc) is 3.24. The number of carbonyl (C=O) groups excluding carboxylic acids is 2. The number of carbonyl (C=O) groups is 2. The molecule has 2 atom stereocenters. The molecule has 1 N–H and O–H groups in total. The van der Waals surface area contributed by atoms with Crippen molar-refractivity contribution in [2.75, 3.05) is 5.32 Å². The van der Waals surface area contributed by atoms with Gasteiger partial charge in [-0.3, -0.25) is 4.79 Å². The van der Waals surface area contributed by atoms with E-state index in [0.29, 0.717) is 16.8 Å². The van der Waals surface area contributed by atoms with Crippen LogP contribution in [-0.4, -0.2) is 28.1 Å². The highest BCUT2D eigenvalue weighted by molar-refractivity contribution is 6.05. The largest absolute Gasteiger partial charge is 0.449 e. The quantitative estimate of drug-likeness (QED) is 0.348. The predicted octanol–water partition coefficient (Wildman–Crippen LogP) is 5.90. The summed E-state index contributed by atoms with van der Waals surface area (Å²) >= 11 is 0. The summed E-state index contributed by atoms with van der Waals surface area (Å²) in [6.45, 7) is 7.48. The summed E-state index contributed by atoms with van der Waals surface area (Å²) in [4.78, 5) is 30.6. The first-order valence-corrected chi connectivity index (χ1v) is 11.3. The molecule has 2 aromatic carbocycles. The number of nitrogens with one attached hydrogen (secondary N) is 1. The summed E-state index contributed by atoms with van der Waals surface area (Å²) in [7, 11) is 0.